The van der Waals surface area contributed by atoms with Gasteiger partial charge in [0.25, 0.3) is 11.7 Å². The van der Waals surface area contributed by atoms with Gasteiger partial charge in [-0.2, -0.15) is 5.21 Å². The standard InChI is InChI=1S/C8H15N5O2/c1-5(2)3-6(4-14)9-8(15)7-10-12-13-11-7/h5-6,14H,3-4H2,1-2H3,(H,9,15)(H,10,11,12,13). The van der Waals surface area contributed by atoms with Gasteiger partial charge in [0.2, 0.25) is 0 Å². The molecule has 0 aliphatic rings. The normalized spacial score (nSPS) is 12.8. The van der Waals surface area contributed by atoms with Crippen molar-refractivity contribution in [3.63, 3.8) is 0 Å². The maximum atomic E-state index is 11.4. The van der Waals surface area contributed by atoms with Crippen LogP contribution in [0.3, 0.4) is 0 Å². The van der Waals surface area contributed by atoms with Crippen LogP contribution in [0.25, 0.3) is 0 Å². The van der Waals surface area contributed by atoms with Crippen molar-refractivity contribution in [2.75, 3.05) is 6.61 Å². The fourth-order valence-electron chi connectivity index (χ4n) is 1.26. The number of aromatic amines is 1. The maximum Gasteiger partial charge on any atom is 0.293 e. The summed E-state index contributed by atoms with van der Waals surface area (Å²) in [5.74, 6) is -0.0478. The Hall–Kier alpha value is -1.50. The first-order chi connectivity index (χ1) is 7.13. The number of nitrogens with zero attached hydrogens (tertiary/aromatic N) is 3. The van der Waals surface area contributed by atoms with Crippen molar-refractivity contribution in [2.24, 2.45) is 5.92 Å². The zero-order chi connectivity index (χ0) is 11.3. The molecule has 0 saturated carbocycles. The van der Waals surface area contributed by atoms with Gasteiger partial charge in [0.05, 0.1) is 12.6 Å². The van der Waals surface area contributed by atoms with Crippen LogP contribution in [0.1, 0.15) is 30.9 Å². The van der Waals surface area contributed by atoms with E-state index in [-0.39, 0.29) is 18.5 Å². The van der Waals surface area contributed by atoms with Crippen LogP contribution in [0, 0.1) is 5.92 Å². The molecule has 0 aliphatic heterocycles. The molecule has 0 aliphatic carbocycles. The number of carbonyl (C=O) groups excluding carboxylic acids is 1. The van der Waals surface area contributed by atoms with Gasteiger partial charge in [0.1, 0.15) is 0 Å². The van der Waals surface area contributed by atoms with E-state index < -0.39 is 5.91 Å². The van der Waals surface area contributed by atoms with Gasteiger partial charge >= 0.3 is 0 Å². The molecule has 0 saturated heterocycles. The molecule has 1 atom stereocenters. The maximum absolute atomic E-state index is 11.4. The lowest BCUT2D eigenvalue weighted by molar-refractivity contribution is 0.0898. The van der Waals surface area contributed by atoms with E-state index in [1.165, 1.54) is 0 Å². The molecule has 1 rings (SSSR count). The van der Waals surface area contributed by atoms with E-state index in [1.54, 1.807) is 0 Å². The number of aliphatic hydroxyl groups is 1. The molecular weight excluding hydrogens is 198 g/mol. The summed E-state index contributed by atoms with van der Waals surface area (Å²) in [5.41, 5.74) is 0. The van der Waals surface area contributed by atoms with Crippen LogP contribution in [0.4, 0.5) is 0 Å². The second kappa shape index (κ2) is 5.40. The number of hydrogen-bond donors (Lipinski definition) is 3. The van der Waals surface area contributed by atoms with E-state index in [9.17, 15) is 4.79 Å². The summed E-state index contributed by atoms with van der Waals surface area (Å²) < 4.78 is 0. The predicted octanol–water partition coefficient (Wildman–Crippen LogP) is -0.663. The summed E-state index contributed by atoms with van der Waals surface area (Å²) in [6, 6.07) is -0.268. The zero-order valence-electron chi connectivity index (χ0n) is 8.77. The number of tetrazole rings is 1. The number of hydrogen-bond acceptors (Lipinski definition) is 5. The minimum atomic E-state index is -0.427. The van der Waals surface area contributed by atoms with E-state index in [2.05, 4.69) is 25.9 Å². The third kappa shape index (κ3) is 3.62. The molecule has 0 radical (unpaired) electrons. The lowest BCUT2D eigenvalue weighted by Gasteiger charge is -2.16. The van der Waals surface area contributed by atoms with E-state index in [0.29, 0.717) is 12.3 Å². The van der Waals surface area contributed by atoms with Crippen LogP contribution in [-0.2, 0) is 0 Å². The molecule has 0 spiro atoms. The number of nitrogens with one attached hydrogen (secondary N) is 2. The fourth-order valence-corrected chi connectivity index (χ4v) is 1.26. The Kier molecular flexibility index (Phi) is 4.17. The molecule has 1 aromatic rings. The lowest BCUT2D eigenvalue weighted by Crippen LogP contribution is -2.38. The van der Waals surface area contributed by atoms with Crippen molar-refractivity contribution in [1.29, 1.82) is 0 Å². The van der Waals surface area contributed by atoms with Gasteiger partial charge in [-0.15, -0.1) is 10.2 Å². The highest BCUT2D eigenvalue weighted by atomic mass is 16.3. The Morgan fingerprint density at radius 2 is 2.33 bits per heavy atom. The van der Waals surface area contributed by atoms with Crippen LogP contribution in [-0.4, -0.2) is 44.3 Å². The Labute approximate surface area is 87.3 Å². The highest BCUT2D eigenvalue weighted by Crippen LogP contribution is 2.04. The largest absolute Gasteiger partial charge is 0.394 e. The minimum absolute atomic E-state index is 0.0165. The first-order valence-corrected chi connectivity index (χ1v) is 4.78. The third-order valence-electron chi connectivity index (χ3n) is 1.86. The molecular formula is C8H15N5O2. The first-order valence-electron chi connectivity index (χ1n) is 4.78. The molecule has 15 heavy (non-hydrogen) atoms. The average molecular weight is 213 g/mol. The summed E-state index contributed by atoms with van der Waals surface area (Å²) in [5, 5.41) is 24.2. The Balaban J connectivity index is 2.48. The number of rotatable bonds is 5. The zero-order valence-corrected chi connectivity index (χ0v) is 8.77. The number of aromatic nitrogens is 4. The first kappa shape index (κ1) is 11.6. The van der Waals surface area contributed by atoms with Crippen molar-refractivity contribution in [3.05, 3.63) is 5.82 Å². The number of carbonyl (C=O) groups is 1. The fraction of sp³-hybridized carbons (Fsp3) is 0.750. The molecule has 7 heteroatoms. The SMILES string of the molecule is CC(C)CC(CO)NC(=O)c1nn[nH]n1. The second-order valence-electron chi connectivity index (χ2n) is 3.72. The van der Waals surface area contributed by atoms with E-state index in [1.807, 2.05) is 13.8 Å². The highest BCUT2D eigenvalue weighted by molar-refractivity contribution is 5.90. The quantitative estimate of drug-likeness (QED) is 0.602. The van der Waals surface area contributed by atoms with Crippen LogP contribution in [0.2, 0.25) is 0 Å². The summed E-state index contributed by atoms with van der Waals surface area (Å²) >= 11 is 0. The van der Waals surface area contributed by atoms with E-state index in [4.69, 9.17) is 5.11 Å². The van der Waals surface area contributed by atoms with Gasteiger partial charge in [-0.3, -0.25) is 4.79 Å². The van der Waals surface area contributed by atoms with Gasteiger partial charge in [0, 0.05) is 0 Å². The molecule has 1 amide bonds. The molecule has 0 bridgehead atoms. The lowest BCUT2D eigenvalue weighted by atomic mass is 10.0. The molecule has 0 fully saturated rings. The Morgan fingerprint density at radius 3 is 2.80 bits per heavy atom. The van der Waals surface area contributed by atoms with Crippen molar-refractivity contribution >= 4 is 5.91 Å². The summed E-state index contributed by atoms with van der Waals surface area (Å²) in [6.07, 6.45) is 0.708. The van der Waals surface area contributed by atoms with Gasteiger partial charge in [-0.25, -0.2) is 0 Å². The second-order valence-corrected chi connectivity index (χ2v) is 3.72. The highest BCUT2D eigenvalue weighted by Gasteiger charge is 2.16. The molecule has 1 heterocycles. The van der Waals surface area contributed by atoms with Gasteiger partial charge in [-0.1, -0.05) is 13.8 Å². The molecule has 0 aromatic carbocycles. The van der Waals surface area contributed by atoms with Crippen LogP contribution in [0.5, 0.6) is 0 Å². The average Bonchev–Trinajstić information content (AvgIpc) is 2.68. The summed E-state index contributed by atoms with van der Waals surface area (Å²) in [4.78, 5) is 11.4. The molecule has 84 valence electrons. The van der Waals surface area contributed by atoms with Crippen molar-refractivity contribution in [2.45, 2.75) is 26.3 Å². The monoisotopic (exact) mass is 213 g/mol. The van der Waals surface area contributed by atoms with Crippen molar-refractivity contribution in [3.8, 4) is 0 Å². The van der Waals surface area contributed by atoms with E-state index in [0.717, 1.165) is 0 Å². The number of H-pyrrole nitrogens is 1. The Bertz CT molecular complexity index is 298. The molecule has 1 unspecified atom stereocenters. The third-order valence-corrected chi connectivity index (χ3v) is 1.86. The van der Waals surface area contributed by atoms with Gasteiger partial charge < -0.3 is 10.4 Å². The molecule has 3 N–H and O–H groups in total. The Morgan fingerprint density at radius 1 is 1.60 bits per heavy atom. The van der Waals surface area contributed by atoms with Crippen molar-refractivity contribution in [1.82, 2.24) is 25.9 Å². The summed E-state index contributed by atoms with van der Waals surface area (Å²) in [7, 11) is 0. The van der Waals surface area contributed by atoms with Crippen LogP contribution >= 0.6 is 0 Å². The topological polar surface area (TPSA) is 104 Å². The molecule has 1 aromatic heterocycles. The van der Waals surface area contributed by atoms with Gasteiger partial charge in [0.15, 0.2) is 0 Å². The van der Waals surface area contributed by atoms with Crippen LogP contribution in [0.15, 0.2) is 0 Å². The van der Waals surface area contributed by atoms with Gasteiger partial charge in [-0.05, 0) is 17.6 Å². The number of amides is 1. The van der Waals surface area contributed by atoms with E-state index >= 15 is 0 Å². The summed E-state index contributed by atoms with van der Waals surface area (Å²) in [6.45, 7) is 3.94. The predicted molar refractivity (Wildman–Crippen MR) is 52.0 cm³/mol. The van der Waals surface area contributed by atoms with Crippen LogP contribution < -0.4 is 5.32 Å². The molecule has 7 nitrogen and oxygen atoms in total. The minimum Gasteiger partial charge on any atom is -0.394 e. The van der Waals surface area contributed by atoms with Crippen molar-refractivity contribution < 1.29 is 9.90 Å². The number of aliphatic hydroxyl groups excluding tert-OH is 1. The smallest absolute Gasteiger partial charge is 0.293 e.